The summed E-state index contributed by atoms with van der Waals surface area (Å²) >= 11 is 0. The van der Waals surface area contributed by atoms with Crippen molar-refractivity contribution in [2.24, 2.45) is 0 Å². The molecule has 0 fully saturated rings. The van der Waals surface area contributed by atoms with E-state index in [9.17, 15) is 13.6 Å². The number of hydrogen-bond donors (Lipinski definition) is 0. The van der Waals surface area contributed by atoms with Crippen molar-refractivity contribution >= 4 is 11.9 Å². The number of rotatable bonds is 5. The summed E-state index contributed by atoms with van der Waals surface area (Å²) in [6.07, 6.45) is 3.57. The Labute approximate surface area is 137 Å². The molecule has 0 amide bonds. The number of benzene rings is 1. The van der Waals surface area contributed by atoms with Crippen LogP contribution in [0.15, 0.2) is 29.9 Å². The maximum absolute atomic E-state index is 13.4. The maximum Gasteiger partial charge on any atom is 0.270 e. The first-order valence-corrected chi connectivity index (χ1v) is 7.61. The van der Waals surface area contributed by atoms with Gasteiger partial charge in [0.15, 0.2) is 6.29 Å². The van der Waals surface area contributed by atoms with Crippen molar-refractivity contribution in [3.05, 3.63) is 46.5 Å². The average Bonchev–Trinajstić information content (AvgIpc) is 2.52. The first-order valence-electron chi connectivity index (χ1n) is 7.61. The second-order valence-electron chi connectivity index (χ2n) is 4.99. The van der Waals surface area contributed by atoms with E-state index in [1.807, 2.05) is 20.8 Å². The van der Waals surface area contributed by atoms with Gasteiger partial charge in [-0.3, -0.25) is 4.79 Å². The monoisotopic (exact) mass is 324 g/mol. The Kier molecular flexibility index (Phi) is 8.44. The van der Waals surface area contributed by atoms with Crippen LogP contribution in [0.1, 0.15) is 56.1 Å². The molecule has 1 rings (SSSR count). The molecule has 2 nitrogen and oxygen atoms in total. The molecule has 1 aromatic carbocycles. The lowest BCUT2D eigenvalue weighted by molar-refractivity contribution is 0.0674. The Morgan fingerprint density at radius 2 is 1.83 bits per heavy atom. The predicted octanol–water partition coefficient (Wildman–Crippen LogP) is 5.85. The van der Waals surface area contributed by atoms with Crippen LogP contribution < -0.4 is 4.74 Å². The standard InChI is InChI=1S/C17H20F2O2.C2H6/c1-6-14(17(4,18)19)8-12(3)15-9-16(21-5)13(10-20)7-11(15)2;1-2/h6-10H,1-5H3;1-2H3/b12-8+,14-6+;. The van der Waals surface area contributed by atoms with Gasteiger partial charge in [-0.25, -0.2) is 8.78 Å². The van der Waals surface area contributed by atoms with E-state index in [1.165, 1.54) is 19.3 Å². The van der Waals surface area contributed by atoms with Gasteiger partial charge in [0.1, 0.15) is 5.75 Å². The molecule has 128 valence electrons. The number of halogens is 2. The highest BCUT2D eigenvalue weighted by atomic mass is 19.3. The number of alkyl halides is 2. The molecule has 23 heavy (non-hydrogen) atoms. The molecule has 0 atom stereocenters. The van der Waals surface area contributed by atoms with Crippen molar-refractivity contribution in [1.82, 2.24) is 0 Å². The van der Waals surface area contributed by atoms with Crippen LogP contribution >= 0.6 is 0 Å². The molecule has 0 aliphatic heterocycles. The third-order valence-corrected chi connectivity index (χ3v) is 3.32. The van der Waals surface area contributed by atoms with E-state index in [-0.39, 0.29) is 5.57 Å². The van der Waals surface area contributed by atoms with Gasteiger partial charge in [0.2, 0.25) is 0 Å². The fourth-order valence-corrected chi connectivity index (χ4v) is 2.18. The number of aryl methyl sites for hydroxylation is 1. The fourth-order valence-electron chi connectivity index (χ4n) is 2.18. The minimum absolute atomic E-state index is 0.0437. The highest BCUT2D eigenvalue weighted by molar-refractivity contribution is 5.82. The van der Waals surface area contributed by atoms with Crippen LogP contribution in [0.2, 0.25) is 0 Å². The molecular formula is C19H26F2O2. The Balaban J connectivity index is 0.00000232. The van der Waals surface area contributed by atoms with E-state index in [4.69, 9.17) is 4.74 Å². The van der Waals surface area contributed by atoms with E-state index in [2.05, 4.69) is 0 Å². The number of aldehydes is 1. The van der Waals surface area contributed by atoms with E-state index in [0.29, 0.717) is 23.2 Å². The van der Waals surface area contributed by atoms with Crippen LogP contribution in [0.5, 0.6) is 5.75 Å². The molecule has 0 bridgehead atoms. The fraction of sp³-hybridized carbons (Fsp3) is 0.421. The summed E-state index contributed by atoms with van der Waals surface area (Å²) in [6, 6.07) is 3.39. The summed E-state index contributed by atoms with van der Waals surface area (Å²) < 4.78 is 32.0. The maximum atomic E-state index is 13.4. The minimum Gasteiger partial charge on any atom is -0.496 e. The molecule has 0 aliphatic rings. The number of carbonyl (C=O) groups is 1. The zero-order valence-corrected chi connectivity index (χ0v) is 15.0. The summed E-state index contributed by atoms with van der Waals surface area (Å²) in [5.41, 5.74) is 2.71. The van der Waals surface area contributed by atoms with Crippen molar-refractivity contribution in [2.45, 2.75) is 47.5 Å². The van der Waals surface area contributed by atoms with Crippen molar-refractivity contribution in [3.63, 3.8) is 0 Å². The van der Waals surface area contributed by atoms with Crippen LogP contribution in [0.25, 0.3) is 5.57 Å². The molecule has 4 heteroatoms. The molecule has 0 unspecified atom stereocenters. The zero-order chi connectivity index (χ0) is 18.2. The summed E-state index contributed by atoms with van der Waals surface area (Å²) in [6.45, 7) is 10.0. The third-order valence-electron chi connectivity index (χ3n) is 3.32. The summed E-state index contributed by atoms with van der Waals surface area (Å²) in [4.78, 5) is 11.0. The van der Waals surface area contributed by atoms with Gasteiger partial charge in [0.25, 0.3) is 5.92 Å². The van der Waals surface area contributed by atoms with Gasteiger partial charge in [-0.15, -0.1) is 0 Å². The van der Waals surface area contributed by atoms with Gasteiger partial charge in [-0.1, -0.05) is 19.9 Å². The van der Waals surface area contributed by atoms with E-state index >= 15 is 0 Å². The highest BCUT2D eigenvalue weighted by Crippen LogP contribution is 2.31. The zero-order valence-electron chi connectivity index (χ0n) is 15.0. The van der Waals surface area contributed by atoms with Crippen LogP contribution in [-0.4, -0.2) is 19.3 Å². The van der Waals surface area contributed by atoms with E-state index in [0.717, 1.165) is 18.1 Å². The van der Waals surface area contributed by atoms with Crippen LogP contribution in [-0.2, 0) is 0 Å². The lowest BCUT2D eigenvalue weighted by Gasteiger charge is -2.15. The van der Waals surface area contributed by atoms with Crippen LogP contribution in [0.3, 0.4) is 0 Å². The van der Waals surface area contributed by atoms with Crippen molar-refractivity contribution < 1.29 is 18.3 Å². The Bertz CT molecular complexity index is 594. The first-order chi connectivity index (χ1) is 10.7. The molecule has 0 heterocycles. The van der Waals surface area contributed by atoms with Crippen molar-refractivity contribution in [2.75, 3.05) is 7.11 Å². The SMILES string of the molecule is C/C=C(\C=C(/C)c1cc(OC)c(C=O)cc1C)C(C)(F)F.CC. The highest BCUT2D eigenvalue weighted by Gasteiger charge is 2.25. The Morgan fingerprint density at radius 1 is 1.26 bits per heavy atom. The smallest absolute Gasteiger partial charge is 0.270 e. The molecule has 0 aromatic heterocycles. The summed E-state index contributed by atoms with van der Waals surface area (Å²) in [5, 5.41) is 0. The van der Waals surface area contributed by atoms with E-state index < -0.39 is 5.92 Å². The van der Waals surface area contributed by atoms with E-state index in [1.54, 1.807) is 26.0 Å². The number of methoxy groups -OCH3 is 1. The Morgan fingerprint density at radius 3 is 2.22 bits per heavy atom. The lowest BCUT2D eigenvalue weighted by atomic mass is 9.96. The first kappa shape index (κ1) is 21.0. The number of carbonyl (C=O) groups excluding carboxylic acids is 1. The minimum atomic E-state index is -2.89. The topological polar surface area (TPSA) is 26.3 Å². The normalized spacial score (nSPS) is 12.4. The van der Waals surface area contributed by atoms with Crippen LogP contribution in [0.4, 0.5) is 8.78 Å². The van der Waals surface area contributed by atoms with Gasteiger partial charge in [0.05, 0.1) is 12.7 Å². The summed E-state index contributed by atoms with van der Waals surface area (Å²) in [5.74, 6) is -2.46. The third kappa shape index (κ3) is 5.62. The van der Waals surface area contributed by atoms with Gasteiger partial charge in [-0.2, -0.15) is 0 Å². The second kappa shape index (κ2) is 9.23. The van der Waals surface area contributed by atoms with Gasteiger partial charge >= 0.3 is 0 Å². The van der Waals surface area contributed by atoms with Gasteiger partial charge in [-0.05, 0) is 55.7 Å². The van der Waals surface area contributed by atoms with Crippen molar-refractivity contribution in [1.29, 1.82) is 0 Å². The predicted molar refractivity (Wildman–Crippen MR) is 92.5 cm³/mol. The molecular weight excluding hydrogens is 298 g/mol. The molecule has 0 aliphatic carbocycles. The van der Waals surface area contributed by atoms with Gasteiger partial charge in [0, 0.05) is 12.5 Å². The number of ether oxygens (including phenoxy) is 1. The Hall–Kier alpha value is -1.97. The average molecular weight is 324 g/mol. The second-order valence-corrected chi connectivity index (χ2v) is 4.99. The molecule has 0 N–H and O–H groups in total. The number of allylic oxidation sites excluding steroid dienone is 4. The summed E-state index contributed by atoms with van der Waals surface area (Å²) in [7, 11) is 1.47. The molecule has 0 saturated carbocycles. The number of hydrogen-bond acceptors (Lipinski definition) is 2. The molecule has 1 aromatic rings. The molecule has 0 spiro atoms. The molecule has 0 radical (unpaired) electrons. The van der Waals surface area contributed by atoms with Crippen molar-refractivity contribution in [3.8, 4) is 5.75 Å². The quantitative estimate of drug-likeness (QED) is 0.502. The largest absolute Gasteiger partial charge is 0.496 e. The molecule has 0 saturated heterocycles. The van der Waals surface area contributed by atoms with Gasteiger partial charge < -0.3 is 4.74 Å². The van der Waals surface area contributed by atoms with Crippen LogP contribution in [0, 0.1) is 6.92 Å². The lowest BCUT2D eigenvalue weighted by Crippen LogP contribution is -2.12.